The molecule has 5 nitrogen and oxygen atoms in total. The minimum atomic E-state index is -0.335. The number of nitrogens with one attached hydrogen (secondary N) is 1. The molecule has 0 saturated carbocycles. The van der Waals surface area contributed by atoms with Crippen LogP contribution >= 0.6 is 11.3 Å². The molecule has 0 aromatic carbocycles. The summed E-state index contributed by atoms with van der Waals surface area (Å²) in [4.78, 5) is 17.1. The van der Waals surface area contributed by atoms with Crippen molar-refractivity contribution in [3.8, 4) is 0 Å². The lowest BCUT2D eigenvalue weighted by molar-refractivity contribution is -0.124. The summed E-state index contributed by atoms with van der Waals surface area (Å²) in [5.41, 5.74) is 0. The van der Waals surface area contributed by atoms with Crippen LogP contribution in [0.4, 0.5) is 0 Å². The molecule has 0 radical (unpaired) electrons. The van der Waals surface area contributed by atoms with E-state index in [1.54, 1.807) is 22.3 Å². The van der Waals surface area contributed by atoms with Gasteiger partial charge in [-0.05, 0) is 25.3 Å². The minimum Gasteiger partial charge on any atom is -0.351 e. The van der Waals surface area contributed by atoms with Crippen molar-refractivity contribution in [3.63, 3.8) is 0 Å². The Morgan fingerprint density at radius 3 is 3.00 bits per heavy atom. The van der Waals surface area contributed by atoms with E-state index in [4.69, 9.17) is 0 Å². The molecular formula is C12H16N4OS. The number of carbonyl (C=O) groups is 1. The number of rotatable bonds is 5. The highest BCUT2D eigenvalue weighted by molar-refractivity contribution is 7.09. The number of thiophene rings is 1. The largest absolute Gasteiger partial charge is 0.351 e. The fourth-order valence-electron chi connectivity index (χ4n) is 1.68. The lowest BCUT2D eigenvalue weighted by Crippen LogP contribution is -2.38. The van der Waals surface area contributed by atoms with E-state index >= 15 is 0 Å². The summed E-state index contributed by atoms with van der Waals surface area (Å²) in [6, 6.07) is 3.88. The highest BCUT2D eigenvalue weighted by atomic mass is 32.1. The predicted molar refractivity (Wildman–Crippen MR) is 70.4 cm³/mol. The predicted octanol–water partition coefficient (Wildman–Crippen LogP) is 1.65. The van der Waals surface area contributed by atoms with Crippen LogP contribution in [0.25, 0.3) is 0 Å². The van der Waals surface area contributed by atoms with Crippen LogP contribution in [0.3, 0.4) is 0 Å². The van der Waals surface area contributed by atoms with Gasteiger partial charge in [0.1, 0.15) is 18.7 Å². The summed E-state index contributed by atoms with van der Waals surface area (Å²) in [6.07, 6.45) is 3.83. The molecule has 2 aromatic heterocycles. The molecule has 0 aliphatic heterocycles. The normalized spacial score (nSPS) is 14.1. The summed E-state index contributed by atoms with van der Waals surface area (Å²) >= 11 is 1.71. The van der Waals surface area contributed by atoms with E-state index in [9.17, 15) is 4.79 Å². The van der Waals surface area contributed by atoms with Crippen LogP contribution in [0.5, 0.6) is 0 Å². The van der Waals surface area contributed by atoms with Gasteiger partial charge >= 0.3 is 0 Å². The van der Waals surface area contributed by atoms with E-state index in [-0.39, 0.29) is 18.0 Å². The maximum atomic E-state index is 12.0. The third-order valence-corrected chi connectivity index (χ3v) is 3.59. The third kappa shape index (κ3) is 3.16. The van der Waals surface area contributed by atoms with Gasteiger partial charge in [0, 0.05) is 17.3 Å². The van der Waals surface area contributed by atoms with Crippen LogP contribution in [-0.4, -0.2) is 26.7 Å². The maximum absolute atomic E-state index is 12.0. The van der Waals surface area contributed by atoms with Crippen molar-refractivity contribution in [2.45, 2.75) is 32.4 Å². The molecule has 1 amide bonds. The molecule has 2 atom stereocenters. The molecule has 2 rings (SSSR count). The Bertz CT molecular complexity index is 480. The second-order valence-electron chi connectivity index (χ2n) is 4.24. The number of amides is 1. The molecule has 96 valence electrons. The molecule has 0 saturated heterocycles. The second kappa shape index (κ2) is 5.77. The van der Waals surface area contributed by atoms with Crippen molar-refractivity contribution in [2.24, 2.45) is 0 Å². The second-order valence-corrected chi connectivity index (χ2v) is 5.28. The Hall–Kier alpha value is -1.69. The molecule has 0 bridgehead atoms. The van der Waals surface area contributed by atoms with Crippen LogP contribution < -0.4 is 5.32 Å². The van der Waals surface area contributed by atoms with Crippen molar-refractivity contribution in [1.29, 1.82) is 0 Å². The summed E-state index contributed by atoms with van der Waals surface area (Å²) in [5, 5.41) is 9.00. The van der Waals surface area contributed by atoms with E-state index < -0.39 is 0 Å². The van der Waals surface area contributed by atoms with Crippen molar-refractivity contribution >= 4 is 17.2 Å². The van der Waals surface area contributed by atoms with Gasteiger partial charge < -0.3 is 5.32 Å². The van der Waals surface area contributed by atoms with Gasteiger partial charge in [-0.1, -0.05) is 6.07 Å². The van der Waals surface area contributed by atoms with Crippen molar-refractivity contribution < 1.29 is 4.79 Å². The van der Waals surface area contributed by atoms with E-state index in [1.807, 2.05) is 25.3 Å². The Morgan fingerprint density at radius 1 is 1.56 bits per heavy atom. The van der Waals surface area contributed by atoms with Gasteiger partial charge in [0.2, 0.25) is 5.91 Å². The Morgan fingerprint density at radius 2 is 2.39 bits per heavy atom. The number of aromatic nitrogens is 3. The standard InChI is InChI=1S/C12H16N4OS/c1-9(6-11-4-3-5-18-11)15-12(17)10(2)16-8-13-7-14-16/h3-5,7-10H,6H2,1-2H3,(H,15,17)/t9-,10-/m1/s1. The molecule has 0 fully saturated rings. The molecule has 6 heteroatoms. The first-order valence-corrected chi connectivity index (χ1v) is 6.71. The van der Waals surface area contributed by atoms with Crippen LogP contribution in [0, 0.1) is 0 Å². The third-order valence-electron chi connectivity index (χ3n) is 2.69. The molecule has 0 aliphatic rings. The van der Waals surface area contributed by atoms with E-state index in [2.05, 4.69) is 21.5 Å². The van der Waals surface area contributed by atoms with Gasteiger partial charge in [-0.3, -0.25) is 4.79 Å². The van der Waals surface area contributed by atoms with Crippen molar-refractivity contribution in [2.75, 3.05) is 0 Å². The van der Waals surface area contributed by atoms with Crippen molar-refractivity contribution in [1.82, 2.24) is 20.1 Å². The van der Waals surface area contributed by atoms with Gasteiger partial charge in [0.05, 0.1) is 0 Å². The highest BCUT2D eigenvalue weighted by Gasteiger charge is 2.17. The first kappa shape index (κ1) is 12.8. The van der Waals surface area contributed by atoms with Gasteiger partial charge in [0.15, 0.2) is 0 Å². The fourth-order valence-corrected chi connectivity index (χ4v) is 2.52. The summed E-state index contributed by atoms with van der Waals surface area (Å²) in [7, 11) is 0. The zero-order valence-electron chi connectivity index (χ0n) is 10.4. The van der Waals surface area contributed by atoms with Gasteiger partial charge in [0.25, 0.3) is 0 Å². The van der Waals surface area contributed by atoms with Crippen molar-refractivity contribution in [3.05, 3.63) is 35.0 Å². The first-order chi connectivity index (χ1) is 8.66. The van der Waals surface area contributed by atoms with Gasteiger partial charge in [-0.2, -0.15) is 5.10 Å². The Labute approximate surface area is 110 Å². The van der Waals surface area contributed by atoms with Crippen LogP contribution in [-0.2, 0) is 11.2 Å². The summed E-state index contributed by atoms with van der Waals surface area (Å²) in [6.45, 7) is 3.81. The molecular weight excluding hydrogens is 248 g/mol. The molecule has 0 unspecified atom stereocenters. The van der Waals surface area contributed by atoms with Crippen LogP contribution in [0.15, 0.2) is 30.2 Å². The minimum absolute atomic E-state index is 0.0374. The van der Waals surface area contributed by atoms with Gasteiger partial charge in [-0.25, -0.2) is 9.67 Å². The van der Waals surface area contributed by atoms with Gasteiger partial charge in [-0.15, -0.1) is 11.3 Å². The molecule has 1 N–H and O–H groups in total. The number of carbonyl (C=O) groups excluding carboxylic acids is 1. The average molecular weight is 264 g/mol. The molecule has 2 aromatic rings. The number of nitrogens with zero attached hydrogens (tertiary/aromatic N) is 3. The maximum Gasteiger partial charge on any atom is 0.244 e. The Kier molecular flexibility index (Phi) is 4.09. The SMILES string of the molecule is C[C@H](Cc1cccs1)NC(=O)[C@@H](C)n1cncn1. The highest BCUT2D eigenvalue weighted by Crippen LogP contribution is 2.11. The summed E-state index contributed by atoms with van der Waals surface area (Å²) < 4.78 is 1.55. The average Bonchev–Trinajstić information content (AvgIpc) is 2.99. The fraction of sp³-hybridized carbons (Fsp3) is 0.417. The quantitative estimate of drug-likeness (QED) is 0.893. The van der Waals surface area contributed by atoms with E-state index in [1.165, 1.54) is 11.2 Å². The lowest BCUT2D eigenvalue weighted by atomic mass is 10.2. The monoisotopic (exact) mass is 264 g/mol. The Balaban J connectivity index is 1.87. The molecule has 2 heterocycles. The van der Waals surface area contributed by atoms with E-state index in [0.717, 1.165) is 6.42 Å². The van der Waals surface area contributed by atoms with Crippen LogP contribution in [0.2, 0.25) is 0 Å². The molecule has 0 spiro atoms. The number of hydrogen-bond donors (Lipinski definition) is 1. The molecule has 18 heavy (non-hydrogen) atoms. The molecule has 0 aliphatic carbocycles. The van der Waals surface area contributed by atoms with Crippen LogP contribution in [0.1, 0.15) is 24.8 Å². The number of hydrogen-bond acceptors (Lipinski definition) is 4. The van der Waals surface area contributed by atoms with E-state index in [0.29, 0.717) is 0 Å². The lowest BCUT2D eigenvalue weighted by Gasteiger charge is -2.17. The smallest absolute Gasteiger partial charge is 0.244 e. The summed E-state index contributed by atoms with van der Waals surface area (Å²) in [5.74, 6) is -0.0374. The zero-order chi connectivity index (χ0) is 13.0. The first-order valence-electron chi connectivity index (χ1n) is 5.83. The zero-order valence-corrected chi connectivity index (χ0v) is 11.2. The topological polar surface area (TPSA) is 59.8 Å².